The van der Waals surface area contributed by atoms with Gasteiger partial charge in [0.25, 0.3) is 5.69 Å². The zero-order chi connectivity index (χ0) is 17.9. The van der Waals surface area contributed by atoms with Crippen LogP contribution in [0.25, 0.3) is 0 Å². The molecule has 7 nitrogen and oxygen atoms in total. The molecule has 2 aromatic rings. The molecule has 25 heavy (non-hydrogen) atoms. The van der Waals surface area contributed by atoms with Crippen molar-refractivity contribution in [3.63, 3.8) is 0 Å². The lowest BCUT2D eigenvalue weighted by Crippen LogP contribution is -2.29. The summed E-state index contributed by atoms with van der Waals surface area (Å²) in [6.45, 7) is 0.596. The van der Waals surface area contributed by atoms with E-state index in [9.17, 15) is 18.5 Å². The summed E-state index contributed by atoms with van der Waals surface area (Å²) < 4.78 is 27.3. The van der Waals surface area contributed by atoms with Crippen LogP contribution in [0.15, 0.2) is 47.4 Å². The van der Waals surface area contributed by atoms with Gasteiger partial charge in [0.1, 0.15) is 0 Å². The summed E-state index contributed by atoms with van der Waals surface area (Å²) >= 11 is 0. The summed E-state index contributed by atoms with van der Waals surface area (Å²) in [5.74, 6) is 0. The molecule has 1 aliphatic rings. The van der Waals surface area contributed by atoms with Crippen LogP contribution in [0.1, 0.15) is 17.5 Å². The highest BCUT2D eigenvalue weighted by Crippen LogP contribution is 2.24. The molecule has 2 N–H and O–H groups in total. The van der Waals surface area contributed by atoms with E-state index >= 15 is 0 Å². The Hall–Kier alpha value is -2.45. The Bertz CT molecular complexity index is 879. The van der Waals surface area contributed by atoms with Gasteiger partial charge in [-0.3, -0.25) is 10.1 Å². The molecule has 0 bridgehead atoms. The average molecular weight is 361 g/mol. The zero-order valence-corrected chi connectivity index (χ0v) is 14.4. The lowest BCUT2D eigenvalue weighted by atomic mass is 10.1. The van der Waals surface area contributed by atoms with Crippen LogP contribution in [-0.2, 0) is 22.9 Å². The highest BCUT2D eigenvalue weighted by Gasteiger charge is 2.17. The number of sulfonamides is 1. The maximum atomic E-state index is 12.3. The maximum Gasteiger partial charge on any atom is 0.269 e. The van der Waals surface area contributed by atoms with E-state index in [-0.39, 0.29) is 12.2 Å². The van der Waals surface area contributed by atoms with E-state index < -0.39 is 14.9 Å². The minimum absolute atomic E-state index is 0.0165. The van der Waals surface area contributed by atoms with Crippen LogP contribution < -0.4 is 10.0 Å². The molecule has 1 aliphatic carbocycles. The number of nitro groups is 1. The third-order valence-electron chi connectivity index (χ3n) is 4.20. The molecule has 132 valence electrons. The topological polar surface area (TPSA) is 101 Å². The van der Waals surface area contributed by atoms with Crippen LogP contribution in [-0.4, -0.2) is 26.4 Å². The Morgan fingerprint density at radius 2 is 1.72 bits per heavy atom. The van der Waals surface area contributed by atoms with E-state index in [1.807, 2.05) is 6.07 Å². The average Bonchev–Trinajstić information content (AvgIpc) is 3.07. The lowest BCUT2D eigenvalue weighted by molar-refractivity contribution is -0.384. The molecule has 8 heteroatoms. The lowest BCUT2D eigenvalue weighted by Gasteiger charge is -2.10. The third-order valence-corrected chi connectivity index (χ3v) is 5.66. The van der Waals surface area contributed by atoms with Crippen molar-refractivity contribution in [1.29, 1.82) is 0 Å². The summed E-state index contributed by atoms with van der Waals surface area (Å²) in [5, 5.41) is 13.6. The molecule has 0 aliphatic heterocycles. The number of hydrogen-bond donors (Lipinski definition) is 2. The van der Waals surface area contributed by atoms with Gasteiger partial charge < -0.3 is 5.32 Å². The van der Waals surface area contributed by atoms with E-state index in [0.717, 1.165) is 24.8 Å². The molecular weight excluding hydrogens is 342 g/mol. The van der Waals surface area contributed by atoms with E-state index in [1.165, 1.54) is 17.7 Å². The SMILES string of the molecule is O=[N+]([O-])c1ccc(NCCNS(=O)(=O)c2ccc3c(c2)CCC3)cc1. The molecule has 0 saturated heterocycles. The first kappa shape index (κ1) is 17.4. The summed E-state index contributed by atoms with van der Waals surface area (Å²) in [7, 11) is -3.53. The van der Waals surface area contributed by atoms with Gasteiger partial charge in [-0.15, -0.1) is 0 Å². The van der Waals surface area contributed by atoms with Crippen molar-refractivity contribution < 1.29 is 13.3 Å². The smallest absolute Gasteiger partial charge is 0.269 e. The molecule has 0 spiro atoms. The minimum Gasteiger partial charge on any atom is -0.384 e. The quantitative estimate of drug-likeness (QED) is 0.448. The van der Waals surface area contributed by atoms with Crippen LogP contribution >= 0.6 is 0 Å². The van der Waals surface area contributed by atoms with Crippen molar-refractivity contribution in [3.05, 3.63) is 63.7 Å². The Morgan fingerprint density at radius 1 is 1.00 bits per heavy atom. The normalized spacial score (nSPS) is 13.4. The number of nitrogens with zero attached hydrogens (tertiary/aromatic N) is 1. The minimum atomic E-state index is -3.53. The van der Waals surface area contributed by atoms with Crippen molar-refractivity contribution in [2.75, 3.05) is 18.4 Å². The van der Waals surface area contributed by atoms with Gasteiger partial charge in [-0.2, -0.15) is 0 Å². The predicted octanol–water partition coefficient (Wildman–Crippen LogP) is 2.47. The van der Waals surface area contributed by atoms with Crippen LogP contribution in [0, 0.1) is 10.1 Å². The van der Waals surface area contributed by atoms with Gasteiger partial charge in [-0.1, -0.05) is 6.07 Å². The molecule has 0 aromatic heterocycles. The second-order valence-electron chi connectivity index (χ2n) is 5.91. The van der Waals surface area contributed by atoms with Crippen molar-refractivity contribution >= 4 is 21.4 Å². The number of benzene rings is 2. The fourth-order valence-corrected chi connectivity index (χ4v) is 3.97. The summed E-state index contributed by atoms with van der Waals surface area (Å²) in [5.41, 5.74) is 3.07. The molecule has 0 amide bonds. The first-order chi connectivity index (χ1) is 12.0. The van der Waals surface area contributed by atoms with E-state index in [4.69, 9.17) is 0 Å². The summed E-state index contributed by atoms with van der Waals surface area (Å²) in [6, 6.07) is 11.3. The predicted molar refractivity (Wildman–Crippen MR) is 95.2 cm³/mol. The van der Waals surface area contributed by atoms with Gasteiger partial charge in [-0.25, -0.2) is 13.1 Å². The van der Waals surface area contributed by atoms with Gasteiger partial charge in [-0.05, 0) is 54.7 Å². The van der Waals surface area contributed by atoms with E-state index in [0.29, 0.717) is 17.1 Å². The zero-order valence-electron chi connectivity index (χ0n) is 13.6. The number of nitrogens with one attached hydrogen (secondary N) is 2. The first-order valence-electron chi connectivity index (χ1n) is 8.05. The Morgan fingerprint density at radius 3 is 2.44 bits per heavy atom. The number of nitro benzene ring substituents is 1. The molecule has 2 aromatic carbocycles. The standard InChI is InChI=1S/C17H19N3O4S/c21-20(22)16-7-5-15(6-8-16)18-10-11-19-25(23,24)17-9-4-13-2-1-3-14(13)12-17/h4-9,12,18-19H,1-3,10-11H2. The molecule has 0 saturated carbocycles. The van der Waals surface area contributed by atoms with Gasteiger partial charge in [0.15, 0.2) is 0 Å². The number of hydrogen-bond acceptors (Lipinski definition) is 5. The fourth-order valence-electron chi connectivity index (χ4n) is 2.89. The van der Waals surface area contributed by atoms with Crippen LogP contribution in [0.3, 0.4) is 0 Å². The van der Waals surface area contributed by atoms with Crippen molar-refractivity contribution in [2.24, 2.45) is 0 Å². The van der Waals surface area contributed by atoms with Crippen molar-refractivity contribution in [1.82, 2.24) is 4.72 Å². The molecular formula is C17H19N3O4S. The largest absolute Gasteiger partial charge is 0.384 e. The van der Waals surface area contributed by atoms with Crippen molar-refractivity contribution in [3.8, 4) is 0 Å². The van der Waals surface area contributed by atoms with Gasteiger partial charge in [0.05, 0.1) is 9.82 Å². The fraction of sp³-hybridized carbons (Fsp3) is 0.294. The number of non-ortho nitro benzene ring substituents is 1. The third kappa shape index (κ3) is 4.15. The Labute approximate surface area is 146 Å². The Kier molecular flexibility index (Phi) is 5.00. The van der Waals surface area contributed by atoms with Crippen molar-refractivity contribution in [2.45, 2.75) is 24.2 Å². The monoisotopic (exact) mass is 361 g/mol. The molecule has 3 rings (SSSR count). The van der Waals surface area contributed by atoms with Gasteiger partial charge in [0.2, 0.25) is 10.0 Å². The van der Waals surface area contributed by atoms with E-state index in [2.05, 4.69) is 10.0 Å². The number of aryl methyl sites for hydroxylation is 2. The number of rotatable bonds is 7. The van der Waals surface area contributed by atoms with Gasteiger partial charge >= 0.3 is 0 Å². The van der Waals surface area contributed by atoms with Crippen LogP contribution in [0.4, 0.5) is 11.4 Å². The summed E-state index contributed by atoms with van der Waals surface area (Å²) in [4.78, 5) is 10.4. The molecule has 0 heterocycles. The maximum absolute atomic E-state index is 12.3. The second-order valence-corrected chi connectivity index (χ2v) is 7.68. The van der Waals surface area contributed by atoms with Crippen LogP contribution in [0.5, 0.6) is 0 Å². The number of anilines is 1. The molecule has 0 atom stereocenters. The molecule has 0 fully saturated rings. The highest BCUT2D eigenvalue weighted by molar-refractivity contribution is 7.89. The highest BCUT2D eigenvalue weighted by atomic mass is 32.2. The van der Waals surface area contributed by atoms with E-state index in [1.54, 1.807) is 24.3 Å². The Balaban J connectivity index is 1.53. The first-order valence-corrected chi connectivity index (χ1v) is 9.54. The molecule has 0 radical (unpaired) electrons. The van der Waals surface area contributed by atoms with Gasteiger partial charge in [0, 0.05) is 30.9 Å². The molecule has 0 unspecified atom stereocenters. The van der Waals surface area contributed by atoms with Crippen LogP contribution in [0.2, 0.25) is 0 Å². The summed E-state index contributed by atoms with van der Waals surface area (Å²) in [6.07, 6.45) is 3.02. The second kappa shape index (κ2) is 7.20. The number of fused-ring (bicyclic) bond motifs is 1.